The van der Waals surface area contributed by atoms with E-state index in [0.717, 1.165) is 35.5 Å². The lowest BCUT2D eigenvalue weighted by Gasteiger charge is -2.39. The number of fused-ring (bicyclic) bond motifs is 9. The van der Waals surface area contributed by atoms with Crippen molar-refractivity contribution in [2.75, 3.05) is 0 Å². The zero-order valence-corrected chi connectivity index (χ0v) is 12.2. The quantitative estimate of drug-likeness (QED) is 0.411. The Hall–Kier alpha value is -0.0831. The maximum Gasteiger partial charge on any atom is 0.184 e. The first-order valence-electron chi connectivity index (χ1n) is 7.39. The number of rotatable bonds is 2. The van der Waals surface area contributed by atoms with Crippen molar-refractivity contribution in [1.29, 1.82) is 0 Å². The van der Waals surface area contributed by atoms with Crippen molar-refractivity contribution in [1.82, 2.24) is 0 Å². The molecule has 0 aromatic carbocycles. The summed E-state index contributed by atoms with van der Waals surface area (Å²) in [6.07, 6.45) is 10.0. The summed E-state index contributed by atoms with van der Waals surface area (Å²) in [4.78, 5) is 0. The fourth-order valence-electron chi connectivity index (χ4n) is 5.55. The Morgan fingerprint density at radius 3 is 2.35 bits per heavy atom. The van der Waals surface area contributed by atoms with Crippen LogP contribution in [0.15, 0.2) is 12.2 Å². The van der Waals surface area contributed by atoms with Gasteiger partial charge in [-0.1, -0.05) is 12.2 Å². The summed E-state index contributed by atoms with van der Waals surface area (Å²) < 4.78 is 6.46. The fourth-order valence-corrected chi connectivity index (χ4v) is 6.72. The summed E-state index contributed by atoms with van der Waals surface area (Å²) in [6.45, 7) is 7.03. The van der Waals surface area contributed by atoms with Gasteiger partial charge in [0.15, 0.2) is 8.32 Å². The van der Waals surface area contributed by atoms with Gasteiger partial charge in [-0.05, 0) is 74.4 Å². The molecule has 94 valence electrons. The summed E-state index contributed by atoms with van der Waals surface area (Å²) in [5.74, 6) is 5.85. The first kappa shape index (κ1) is 10.8. The van der Waals surface area contributed by atoms with E-state index in [4.69, 9.17) is 4.43 Å². The van der Waals surface area contributed by atoms with Crippen molar-refractivity contribution in [2.24, 2.45) is 35.5 Å². The molecule has 0 saturated heterocycles. The van der Waals surface area contributed by atoms with E-state index in [1.165, 1.54) is 19.3 Å². The minimum atomic E-state index is -1.34. The maximum atomic E-state index is 6.46. The van der Waals surface area contributed by atoms with Gasteiger partial charge in [0.1, 0.15) is 0 Å². The van der Waals surface area contributed by atoms with E-state index in [-0.39, 0.29) is 0 Å². The van der Waals surface area contributed by atoms with Gasteiger partial charge in [0.25, 0.3) is 0 Å². The molecule has 4 aliphatic rings. The summed E-state index contributed by atoms with van der Waals surface area (Å²) in [5, 5.41) is 0. The lowest BCUT2D eigenvalue weighted by Crippen LogP contribution is -2.40. The molecule has 3 fully saturated rings. The van der Waals surface area contributed by atoms with Gasteiger partial charge in [0, 0.05) is 6.10 Å². The molecule has 0 amide bonds. The molecule has 7 atom stereocenters. The van der Waals surface area contributed by atoms with Crippen LogP contribution in [0.3, 0.4) is 0 Å². The highest BCUT2D eigenvalue weighted by Crippen LogP contribution is 2.65. The molecule has 4 bridgehead atoms. The Balaban J connectivity index is 1.57. The van der Waals surface area contributed by atoms with Crippen molar-refractivity contribution in [3.63, 3.8) is 0 Å². The minimum absolute atomic E-state index is 0.626. The van der Waals surface area contributed by atoms with Gasteiger partial charge in [-0.2, -0.15) is 0 Å². The van der Waals surface area contributed by atoms with Crippen LogP contribution in [-0.4, -0.2) is 14.4 Å². The van der Waals surface area contributed by atoms with Crippen LogP contribution in [0.2, 0.25) is 19.6 Å². The van der Waals surface area contributed by atoms with Crippen LogP contribution in [0.5, 0.6) is 0 Å². The molecule has 17 heavy (non-hydrogen) atoms. The van der Waals surface area contributed by atoms with Crippen molar-refractivity contribution in [2.45, 2.75) is 45.0 Å². The van der Waals surface area contributed by atoms with Gasteiger partial charge in [-0.25, -0.2) is 0 Å². The molecule has 0 radical (unpaired) electrons. The summed E-state index contributed by atoms with van der Waals surface area (Å²) in [5.41, 5.74) is 0. The Morgan fingerprint density at radius 2 is 1.65 bits per heavy atom. The van der Waals surface area contributed by atoms with Crippen LogP contribution < -0.4 is 0 Å². The fraction of sp³-hybridized carbons (Fsp3) is 0.867. The molecule has 0 heterocycles. The molecule has 0 spiro atoms. The van der Waals surface area contributed by atoms with E-state index in [1.54, 1.807) is 0 Å². The molecule has 1 nitrogen and oxygen atoms in total. The van der Waals surface area contributed by atoms with Crippen LogP contribution in [-0.2, 0) is 4.43 Å². The highest BCUT2D eigenvalue weighted by atomic mass is 28.4. The zero-order chi connectivity index (χ0) is 11.8. The second kappa shape index (κ2) is 3.27. The van der Waals surface area contributed by atoms with E-state index >= 15 is 0 Å². The second-order valence-corrected chi connectivity index (χ2v) is 12.2. The third-order valence-corrected chi connectivity index (χ3v) is 6.72. The zero-order valence-electron chi connectivity index (χ0n) is 11.2. The first-order chi connectivity index (χ1) is 8.03. The molecule has 0 aromatic rings. The summed E-state index contributed by atoms with van der Waals surface area (Å²) in [7, 11) is -1.34. The number of allylic oxidation sites excluding steroid dienone is 2. The molecule has 3 saturated carbocycles. The Morgan fingerprint density at radius 1 is 0.941 bits per heavy atom. The predicted octanol–water partition coefficient (Wildman–Crippen LogP) is 3.68. The Kier molecular flexibility index (Phi) is 2.08. The minimum Gasteiger partial charge on any atom is -0.414 e. The lowest BCUT2D eigenvalue weighted by molar-refractivity contribution is 0.0613. The third-order valence-electron chi connectivity index (χ3n) is 5.71. The number of hydrogen-bond donors (Lipinski definition) is 0. The standard InChI is InChI=1S/C15H24OSi/c1-17(2,3)16-13-8-11-7-12(13)15-10-5-4-9(6-10)14(11)15/h4-5,9-15H,6-8H2,1-3H3. The average molecular weight is 248 g/mol. The van der Waals surface area contributed by atoms with Crippen LogP contribution in [0.1, 0.15) is 19.3 Å². The topological polar surface area (TPSA) is 9.23 Å². The van der Waals surface area contributed by atoms with Crippen molar-refractivity contribution in [3.8, 4) is 0 Å². The largest absolute Gasteiger partial charge is 0.414 e. The second-order valence-electron chi connectivity index (χ2n) is 7.77. The van der Waals surface area contributed by atoms with Crippen LogP contribution >= 0.6 is 0 Å². The third kappa shape index (κ3) is 1.46. The monoisotopic (exact) mass is 248 g/mol. The number of hydrogen-bond acceptors (Lipinski definition) is 1. The van der Waals surface area contributed by atoms with E-state index in [1.807, 2.05) is 0 Å². The van der Waals surface area contributed by atoms with E-state index in [9.17, 15) is 0 Å². The highest BCUT2D eigenvalue weighted by molar-refractivity contribution is 6.69. The Labute approximate surface area is 106 Å². The van der Waals surface area contributed by atoms with Crippen LogP contribution in [0, 0.1) is 35.5 Å². The van der Waals surface area contributed by atoms with Crippen molar-refractivity contribution >= 4 is 8.32 Å². The molecule has 0 N–H and O–H groups in total. The van der Waals surface area contributed by atoms with Gasteiger partial charge < -0.3 is 4.43 Å². The highest BCUT2D eigenvalue weighted by Gasteiger charge is 2.61. The molecule has 2 heteroatoms. The SMILES string of the molecule is C[Si](C)(C)OC1CC2CC1C1C3C=CC(C3)C21. The van der Waals surface area contributed by atoms with Crippen molar-refractivity contribution in [3.05, 3.63) is 12.2 Å². The molecule has 4 rings (SSSR count). The predicted molar refractivity (Wildman–Crippen MR) is 72.2 cm³/mol. The molecule has 7 unspecified atom stereocenters. The van der Waals surface area contributed by atoms with Gasteiger partial charge in [0.05, 0.1) is 0 Å². The van der Waals surface area contributed by atoms with Crippen molar-refractivity contribution < 1.29 is 4.43 Å². The average Bonchev–Trinajstić information content (AvgIpc) is 2.91. The summed E-state index contributed by atoms with van der Waals surface area (Å²) in [6, 6.07) is 0. The molecular formula is C15H24OSi. The summed E-state index contributed by atoms with van der Waals surface area (Å²) >= 11 is 0. The van der Waals surface area contributed by atoms with Gasteiger partial charge >= 0.3 is 0 Å². The smallest absolute Gasteiger partial charge is 0.184 e. The molecule has 0 aliphatic heterocycles. The van der Waals surface area contributed by atoms with E-state index < -0.39 is 8.32 Å². The van der Waals surface area contributed by atoms with Crippen LogP contribution in [0.4, 0.5) is 0 Å². The molecular weight excluding hydrogens is 224 g/mol. The van der Waals surface area contributed by atoms with Crippen LogP contribution in [0.25, 0.3) is 0 Å². The maximum absolute atomic E-state index is 6.46. The van der Waals surface area contributed by atoms with Gasteiger partial charge in [-0.15, -0.1) is 0 Å². The van der Waals surface area contributed by atoms with E-state index in [0.29, 0.717) is 6.10 Å². The lowest BCUT2D eigenvalue weighted by atomic mass is 9.72. The first-order valence-corrected chi connectivity index (χ1v) is 10.8. The Bertz CT molecular complexity index is 370. The molecule has 4 aliphatic carbocycles. The normalized spacial score (nSPS) is 54.6. The van der Waals surface area contributed by atoms with Gasteiger partial charge in [-0.3, -0.25) is 0 Å². The molecule has 0 aromatic heterocycles. The van der Waals surface area contributed by atoms with E-state index in [2.05, 4.69) is 31.8 Å². The van der Waals surface area contributed by atoms with Gasteiger partial charge in [0.2, 0.25) is 0 Å².